The van der Waals surface area contributed by atoms with E-state index < -0.39 is 9.84 Å². The fourth-order valence-electron chi connectivity index (χ4n) is 2.15. The molecule has 0 unspecified atom stereocenters. The molecule has 21 heavy (non-hydrogen) atoms. The average Bonchev–Trinajstić information content (AvgIpc) is 3.11. The molecule has 8 heteroatoms. The maximum atomic E-state index is 12.3. The molecule has 4 nitrogen and oxygen atoms in total. The first kappa shape index (κ1) is 14.7. The summed E-state index contributed by atoms with van der Waals surface area (Å²) in [6, 6.07) is 3.12. The molecule has 0 saturated heterocycles. The maximum absolute atomic E-state index is 12.3. The smallest absolute Gasteiger partial charge is 0.209 e. The Balaban J connectivity index is 1.89. The topological polar surface area (TPSA) is 63.6 Å². The van der Waals surface area contributed by atoms with Gasteiger partial charge in [-0.2, -0.15) is 0 Å². The Bertz CT molecular complexity index is 869. The summed E-state index contributed by atoms with van der Waals surface area (Å²) >= 11 is 7.11. The number of Topliss-reactive ketones (excluding diaryl/α,β-unsaturated/α-hetero) is 1. The lowest BCUT2D eigenvalue weighted by Gasteiger charge is -1.96. The lowest BCUT2D eigenvalue weighted by atomic mass is 10.2. The highest BCUT2D eigenvalue weighted by Gasteiger charge is 2.37. The Hall–Kier alpha value is -1.18. The predicted molar refractivity (Wildman–Crippen MR) is 86.5 cm³/mol. The van der Waals surface area contributed by atoms with E-state index in [1.54, 1.807) is 11.4 Å². The van der Waals surface area contributed by atoms with Gasteiger partial charge in [0, 0.05) is 13.0 Å². The summed E-state index contributed by atoms with van der Waals surface area (Å²) in [4.78, 5) is 18.4. The van der Waals surface area contributed by atoms with Crippen LogP contribution in [0.25, 0.3) is 9.75 Å². The first-order chi connectivity index (χ1) is 10.1. The van der Waals surface area contributed by atoms with E-state index in [0.29, 0.717) is 34.0 Å². The second-order valence-corrected chi connectivity index (χ2v) is 8.46. The van der Waals surface area contributed by atoms with E-state index in [0.717, 1.165) is 4.88 Å². The van der Waals surface area contributed by atoms with Gasteiger partial charge in [-0.25, -0.2) is 13.4 Å². The number of thiophene rings is 2. The Morgan fingerprint density at radius 2 is 2.14 bits per heavy atom. The van der Waals surface area contributed by atoms with Crippen LogP contribution in [0.5, 0.6) is 0 Å². The van der Waals surface area contributed by atoms with Crippen molar-refractivity contribution >= 4 is 55.7 Å². The molecule has 0 saturated carbocycles. The van der Waals surface area contributed by atoms with Crippen molar-refractivity contribution in [3.05, 3.63) is 22.4 Å². The quantitative estimate of drug-likeness (QED) is 0.303. The van der Waals surface area contributed by atoms with E-state index in [1.807, 2.05) is 0 Å². The number of hydrogen-bond acceptors (Lipinski definition) is 7. The van der Waals surface area contributed by atoms with Crippen molar-refractivity contribution in [1.82, 2.24) is 0 Å². The number of carbonyl (C=O) groups is 1. The average molecular weight is 355 g/mol. The fourth-order valence-corrected chi connectivity index (χ4v) is 6.89. The first-order valence-electron chi connectivity index (χ1n) is 6.09. The number of rotatable bonds is 5. The molecule has 0 amide bonds. The minimum atomic E-state index is -3.44. The highest BCUT2D eigenvalue weighted by molar-refractivity contribution is 7.92. The van der Waals surface area contributed by atoms with Gasteiger partial charge in [-0.15, -0.1) is 22.7 Å². The number of isothiocyanates is 1. The first-order valence-corrected chi connectivity index (χ1v) is 9.68. The lowest BCUT2D eigenvalue weighted by molar-refractivity contribution is 0.0984. The van der Waals surface area contributed by atoms with Crippen LogP contribution >= 0.6 is 34.9 Å². The maximum Gasteiger partial charge on any atom is 0.209 e. The van der Waals surface area contributed by atoms with Crippen LogP contribution in [0.4, 0.5) is 0 Å². The Morgan fingerprint density at radius 1 is 1.33 bits per heavy atom. The third-order valence-electron chi connectivity index (χ3n) is 3.13. The summed E-state index contributed by atoms with van der Waals surface area (Å²) < 4.78 is 24.7. The number of aliphatic imine (C=N–C) groups is 1. The second-order valence-electron chi connectivity index (χ2n) is 4.42. The molecule has 2 aromatic heterocycles. The van der Waals surface area contributed by atoms with Gasteiger partial charge < -0.3 is 0 Å². The summed E-state index contributed by atoms with van der Waals surface area (Å²) in [5.41, 5.74) is 0. The molecule has 3 rings (SSSR count). The van der Waals surface area contributed by atoms with Crippen LogP contribution in [0.1, 0.15) is 22.5 Å². The minimum absolute atomic E-state index is 0.0534. The van der Waals surface area contributed by atoms with Gasteiger partial charge >= 0.3 is 0 Å². The van der Waals surface area contributed by atoms with Crippen molar-refractivity contribution in [2.24, 2.45) is 4.99 Å². The van der Waals surface area contributed by atoms with Gasteiger partial charge in [0.15, 0.2) is 5.78 Å². The molecular formula is C13H9NO3S4. The summed E-state index contributed by atoms with van der Waals surface area (Å²) in [6.45, 7) is 0.466. The number of carbonyl (C=O) groups excluding carboxylic acids is 1. The predicted octanol–water partition coefficient (Wildman–Crippen LogP) is 3.69. The van der Waals surface area contributed by atoms with E-state index in [9.17, 15) is 13.2 Å². The van der Waals surface area contributed by atoms with Crippen LogP contribution in [-0.2, 0) is 9.84 Å². The third-order valence-corrected chi connectivity index (χ3v) is 7.59. The number of nitrogens with zero attached hydrogens (tertiary/aromatic N) is 1. The normalized spacial score (nSPS) is 14.3. The lowest BCUT2D eigenvalue weighted by Crippen LogP contribution is -1.99. The van der Waals surface area contributed by atoms with E-state index in [-0.39, 0.29) is 10.7 Å². The van der Waals surface area contributed by atoms with E-state index in [1.165, 1.54) is 28.7 Å². The van der Waals surface area contributed by atoms with Crippen molar-refractivity contribution in [3.63, 3.8) is 0 Å². The third kappa shape index (κ3) is 2.43. The van der Waals surface area contributed by atoms with Crippen molar-refractivity contribution in [1.29, 1.82) is 0 Å². The van der Waals surface area contributed by atoms with Crippen LogP contribution in [0, 0.1) is 0 Å². The van der Waals surface area contributed by atoms with Crippen LogP contribution in [0.3, 0.4) is 0 Å². The van der Waals surface area contributed by atoms with Gasteiger partial charge in [0.05, 0.1) is 29.6 Å². The van der Waals surface area contributed by atoms with Crippen molar-refractivity contribution in [2.45, 2.75) is 22.6 Å². The van der Waals surface area contributed by atoms with Crippen LogP contribution in [-0.4, -0.2) is 25.9 Å². The molecule has 2 aromatic rings. The summed E-state index contributed by atoms with van der Waals surface area (Å²) in [7, 11) is -3.44. The zero-order valence-corrected chi connectivity index (χ0v) is 13.9. The minimum Gasteiger partial charge on any atom is -0.293 e. The van der Waals surface area contributed by atoms with Crippen LogP contribution < -0.4 is 0 Å². The standard InChI is InChI=1S/C13H9NO3S4/c15-8(2-1-4-14-7-18)9-6-11-13(20-9)12-10(3-5-19-12)21(11,16)17/h3,5-6H,1-2,4H2. The number of hydrogen-bond donors (Lipinski definition) is 0. The molecule has 1 aliphatic heterocycles. The summed E-state index contributed by atoms with van der Waals surface area (Å²) in [6.07, 6.45) is 0.916. The number of thiocarbonyl (C=S) groups is 1. The number of sulfone groups is 1. The van der Waals surface area contributed by atoms with Gasteiger partial charge in [0.25, 0.3) is 0 Å². The molecule has 0 radical (unpaired) electrons. The van der Waals surface area contributed by atoms with E-state index >= 15 is 0 Å². The Kier molecular flexibility index (Phi) is 3.90. The molecule has 0 spiro atoms. The van der Waals surface area contributed by atoms with Gasteiger partial charge in [-0.3, -0.25) is 4.79 Å². The summed E-state index contributed by atoms with van der Waals surface area (Å²) in [5, 5.41) is 4.01. The van der Waals surface area contributed by atoms with Crippen molar-refractivity contribution in [2.75, 3.05) is 6.54 Å². The molecule has 0 atom stereocenters. The highest BCUT2D eigenvalue weighted by Crippen LogP contribution is 2.50. The highest BCUT2D eigenvalue weighted by atomic mass is 32.2. The van der Waals surface area contributed by atoms with Crippen molar-refractivity contribution < 1.29 is 13.2 Å². The van der Waals surface area contributed by atoms with Crippen LogP contribution in [0.2, 0.25) is 0 Å². The molecular weight excluding hydrogens is 346 g/mol. The SMILES string of the molecule is O=C(CCCN=C=S)c1cc2c(s1)-c1sccc1S2(=O)=O. The van der Waals surface area contributed by atoms with Gasteiger partial charge in [-0.1, -0.05) is 0 Å². The van der Waals surface area contributed by atoms with Crippen molar-refractivity contribution in [3.8, 4) is 9.75 Å². The molecule has 0 N–H and O–H groups in total. The number of fused-ring (bicyclic) bond motifs is 3. The molecule has 0 aliphatic carbocycles. The molecule has 3 heterocycles. The van der Waals surface area contributed by atoms with Gasteiger partial charge in [-0.05, 0) is 36.2 Å². The van der Waals surface area contributed by atoms with Gasteiger partial charge in [0.1, 0.15) is 0 Å². The monoisotopic (exact) mass is 355 g/mol. The largest absolute Gasteiger partial charge is 0.293 e. The molecule has 0 fully saturated rings. The zero-order chi connectivity index (χ0) is 15.0. The van der Waals surface area contributed by atoms with Crippen LogP contribution in [0.15, 0.2) is 32.3 Å². The number of ketones is 1. The molecule has 0 bridgehead atoms. The van der Waals surface area contributed by atoms with Gasteiger partial charge in [0.2, 0.25) is 9.84 Å². The zero-order valence-electron chi connectivity index (χ0n) is 10.7. The summed E-state index contributed by atoms with van der Waals surface area (Å²) in [5.74, 6) is -0.0534. The molecule has 1 aliphatic rings. The fraction of sp³-hybridized carbons (Fsp3) is 0.231. The molecule has 108 valence electrons. The van der Waals surface area contributed by atoms with E-state index in [4.69, 9.17) is 0 Å². The Morgan fingerprint density at radius 3 is 2.90 bits per heavy atom. The Labute approximate surface area is 135 Å². The molecule has 0 aromatic carbocycles. The second kappa shape index (κ2) is 5.55. The van der Waals surface area contributed by atoms with E-state index in [2.05, 4.69) is 22.4 Å².